The van der Waals surface area contributed by atoms with Crippen molar-refractivity contribution in [2.24, 2.45) is 14.1 Å². The first-order valence-electron chi connectivity index (χ1n) is 10.6. The van der Waals surface area contributed by atoms with E-state index in [9.17, 15) is 14.7 Å². The van der Waals surface area contributed by atoms with Crippen LogP contribution in [0, 0.1) is 0 Å². The van der Waals surface area contributed by atoms with Gasteiger partial charge in [-0.15, -0.1) is 0 Å². The van der Waals surface area contributed by atoms with Gasteiger partial charge in [-0.1, -0.05) is 41.9 Å². The molecule has 1 aliphatic rings. The lowest BCUT2D eigenvalue weighted by atomic mass is 9.97. The molecule has 33 heavy (non-hydrogen) atoms. The molecular formula is C25H24ClN3O4. The van der Waals surface area contributed by atoms with Crippen molar-refractivity contribution in [3.05, 3.63) is 85.6 Å². The first kappa shape index (κ1) is 21.6. The van der Waals surface area contributed by atoms with Gasteiger partial charge in [0.25, 0.3) is 5.56 Å². The number of aromatic nitrogens is 3. The lowest BCUT2D eigenvalue weighted by molar-refractivity contribution is -0.00798. The summed E-state index contributed by atoms with van der Waals surface area (Å²) in [6.07, 6.45) is -0.666. The number of phenols is 1. The fourth-order valence-electron chi connectivity index (χ4n) is 4.82. The molecule has 8 heteroatoms. The molecule has 2 aromatic heterocycles. The van der Waals surface area contributed by atoms with Crippen LogP contribution < -0.4 is 11.2 Å². The number of rotatable bonds is 2. The Balaban J connectivity index is 2.03. The number of hydrogen-bond acceptors (Lipinski definition) is 4. The number of para-hydroxylation sites is 1. The van der Waals surface area contributed by atoms with Crippen molar-refractivity contribution in [3.8, 4) is 17.0 Å². The highest BCUT2D eigenvalue weighted by Crippen LogP contribution is 2.46. The van der Waals surface area contributed by atoms with E-state index in [0.717, 1.165) is 10.1 Å². The quantitative estimate of drug-likeness (QED) is 0.486. The van der Waals surface area contributed by atoms with Gasteiger partial charge in [0.2, 0.25) is 0 Å². The summed E-state index contributed by atoms with van der Waals surface area (Å²) in [7, 11) is 3.13. The molecule has 0 saturated carbocycles. The third-order valence-corrected chi connectivity index (χ3v) is 6.65. The van der Waals surface area contributed by atoms with Gasteiger partial charge in [0.05, 0.1) is 34.4 Å². The molecular weight excluding hydrogens is 442 g/mol. The van der Waals surface area contributed by atoms with Crippen molar-refractivity contribution < 1.29 is 9.84 Å². The minimum Gasteiger partial charge on any atom is -0.508 e. The van der Waals surface area contributed by atoms with E-state index >= 15 is 0 Å². The average molecular weight is 466 g/mol. The van der Waals surface area contributed by atoms with Crippen LogP contribution in [-0.4, -0.2) is 25.4 Å². The molecule has 3 heterocycles. The molecule has 170 valence electrons. The molecule has 0 radical (unpaired) electrons. The Morgan fingerprint density at radius 3 is 2.36 bits per heavy atom. The number of benzene rings is 2. The third kappa shape index (κ3) is 3.07. The molecule has 2 aromatic carbocycles. The minimum atomic E-state index is -0.666. The number of halogens is 1. The second kappa shape index (κ2) is 7.37. The van der Waals surface area contributed by atoms with Crippen LogP contribution in [0.1, 0.15) is 31.2 Å². The summed E-state index contributed by atoms with van der Waals surface area (Å²) in [6.45, 7) is 4.39. The van der Waals surface area contributed by atoms with Crippen LogP contribution >= 0.6 is 11.6 Å². The summed E-state index contributed by atoms with van der Waals surface area (Å²) in [5.74, 6) is 0.0879. The van der Waals surface area contributed by atoms with Crippen molar-refractivity contribution >= 4 is 22.5 Å². The number of phenolic OH excluding ortho intramolecular Hbond substituents is 1. The summed E-state index contributed by atoms with van der Waals surface area (Å²) in [5.41, 5.74) is 1.88. The zero-order chi connectivity index (χ0) is 23.7. The Morgan fingerprint density at radius 1 is 1.03 bits per heavy atom. The van der Waals surface area contributed by atoms with Crippen molar-refractivity contribution in [2.45, 2.75) is 25.5 Å². The fourth-order valence-corrected chi connectivity index (χ4v) is 4.95. The highest BCUT2D eigenvalue weighted by Gasteiger charge is 2.41. The Hall–Kier alpha value is -3.29. The maximum atomic E-state index is 13.5. The smallest absolute Gasteiger partial charge is 0.331 e. The van der Waals surface area contributed by atoms with Gasteiger partial charge in [0, 0.05) is 24.7 Å². The average Bonchev–Trinajstić information content (AvgIpc) is 3.15. The molecule has 5 rings (SSSR count). The normalized spacial score (nSPS) is 17.3. The maximum absolute atomic E-state index is 13.5. The molecule has 1 N–H and O–H groups in total. The SMILES string of the molecule is Cn1c(=O)c2c(-c3ccc(Cl)cc3)n3c(c2n(C)c1=O)[C@H](c1ccccc1O)OCC3(C)C. The number of ether oxygens (including phenoxy) is 1. The molecule has 7 nitrogen and oxygen atoms in total. The van der Waals surface area contributed by atoms with Gasteiger partial charge in [-0.05, 0) is 37.6 Å². The van der Waals surface area contributed by atoms with E-state index in [1.165, 1.54) is 11.6 Å². The largest absolute Gasteiger partial charge is 0.508 e. The Kier molecular flexibility index (Phi) is 4.81. The molecule has 0 saturated heterocycles. The van der Waals surface area contributed by atoms with E-state index in [0.29, 0.717) is 39.5 Å². The number of fused-ring (bicyclic) bond motifs is 3. The number of hydrogen-bond donors (Lipinski definition) is 1. The number of aryl methyl sites for hydroxylation is 1. The van der Waals surface area contributed by atoms with Gasteiger partial charge >= 0.3 is 5.69 Å². The van der Waals surface area contributed by atoms with E-state index in [2.05, 4.69) is 4.57 Å². The minimum absolute atomic E-state index is 0.0879. The predicted octanol–water partition coefficient (Wildman–Crippen LogP) is 3.92. The summed E-state index contributed by atoms with van der Waals surface area (Å²) < 4.78 is 11.0. The van der Waals surface area contributed by atoms with Crippen molar-refractivity contribution in [1.29, 1.82) is 0 Å². The molecule has 0 aliphatic carbocycles. The predicted molar refractivity (Wildman–Crippen MR) is 128 cm³/mol. The third-order valence-electron chi connectivity index (χ3n) is 6.40. The molecule has 4 aromatic rings. The molecule has 1 aliphatic heterocycles. The van der Waals surface area contributed by atoms with Gasteiger partial charge in [0.15, 0.2) is 0 Å². The van der Waals surface area contributed by atoms with Gasteiger partial charge in [-0.3, -0.25) is 13.9 Å². The van der Waals surface area contributed by atoms with Gasteiger partial charge in [-0.25, -0.2) is 4.79 Å². The maximum Gasteiger partial charge on any atom is 0.331 e. The number of aromatic hydroxyl groups is 1. The monoisotopic (exact) mass is 465 g/mol. The molecule has 1 atom stereocenters. The van der Waals surface area contributed by atoms with E-state index < -0.39 is 17.3 Å². The van der Waals surface area contributed by atoms with Gasteiger partial charge < -0.3 is 14.4 Å². The van der Waals surface area contributed by atoms with E-state index in [-0.39, 0.29) is 11.3 Å². The summed E-state index contributed by atoms with van der Waals surface area (Å²) in [4.78, 5) is 26.5. The highest BCUT2D eigenvalue weighted by molar-refractivity contribution is 6.30. The molecule has 0 unspecified atom stereocenters. The van der Waals surface area contributed by atoms with Crippen molar-refractivity contribution in [1.82, 2.24) is 13.7 Å². The molecule has 0 bridgehead atoms. The van der Waals surface area contributed by atoms with E-state index in [1.54, 1.807) is 37.4 Å². The van der Waals surface area contributed by atoms with Crippen LogP contribution in [0.4, 0.5) is 0 Å². The molecule has 0 fully saturated rings. The van der Waals surface area contributed by atoms with Crippen LogP contribution in [-0.2, 0) is 24.4 Å². The van der Waals surface area contributed by atoms with E-state index in [4.69, 9.17) is 16.3 Å². The number of nitrogens with zero attached hydrogens (tertiary/aromatic N) is 3. The molecule has 0 amide bonds. The zero-order valence-electron chi connectivity index (χ0n) is 18.8. The van der Waals surface area contributed by atoms with Crippen LogP contribution in [0.3, 0.4) is 0 Å². The summed E-state index contributed by atoms with van der Waals surface area (Å²) in [5, 5.41) is 11.6. The second-order valence-corrected chi connectivity index (χ2v) is 9.50. The van der Waals surface area contributed by atoms with Crippen molar-refractivity contribution in [3.63, 3.8) is 0 Å². The first-order chi connectivity index (χ1) is 15.6. The van der Waals surface area contributed by atoms with Gasteiger partial charge in [-0.2, -0.15) is 0 Å². The van der Waals surface area contributed by atoms with Crippen LogP contribution in [0.15, 0.2) is 58.1 Å². The Bertz CT molecular complexity index is 1530. The lowest BCUT2D eigenvalue weighted by Crippen LogP contribution is -2.40. The summed E-state index contributed by atoms with van der Waals surface area (Å²) in [6, 6.07) is 14.3. The lowest BCUT2D eigenvalue weighted by Gasteiger charge is -2.39. The summed E-state index contributed by atoms with van der Waals surface area (Å²) >= 11 is 6.15. The highest BCUT2D eigenvalue weighted by atomic mass is 35.5. The van der Waals surface area contributed by atoms with Crippen LogP contribution in [0.2, 0.25) is 5.02 Å². The Labute approximate surface area is 195 Å². The van der Waals surface area contributed by atoms with Crippen LogP contribution in [0.5, 0.6) is 5.75 Å². The standard InChI is InChI=1S/C25H24ClN3O4/c1-25(2)13-33-22(16-7-5-6-8-17(16)30)21-20-18(23(31)28(4)24(32)27(20)3)19(29(21)25)14-9-11-15(26)12-10-14/h5-12,22,30H,13H2,1-4H3/t22-/m0/s1. The fraction of sp³-hybridized carbons (Fsp3) is 0.280. The Morgan fingerprint density at radius 2 is 1.70 bits per heavy atom. The van der Waals surface area contributed by atoms with Crippen LogP contribution in [0.25, 0.3) is 22.2 Å². The van der Waals surface area contributed by atoms with E-state index in [1.807, 2.05) is 32.0 Å². The zero-order valence-corrected chi connectivity index (χ0v) is 19.6. The topological polar surface area (TPSA) is 78.4 Å². The molecule has 0 spiro atoms. The van der Waals surface area contributed by atoms with Crippen molar-refractivity contribution in [2.75, 3.05) is 6.61 Å². The van der Waals surface area contributed by atoms with Gasteiger partial charge in [0.1, 0.15) is 11.9 Å². The first-order valence-corrected chi connectivity index (χ1v) is 11.0. The second-order valence-electron chi connectivity index (χ2n) is 9.07.